The average Bonchev–Trinajstić information content (AvgIpc) is 2.35. The number of halogens is 1. The van der Waals surface area contributed by atoms with Crippen molar-refractivity contribution in [3.63, 3.8) is 0 Å². The summed E-state index contributed by atoms with van der Waals surface area (Å²) in [4.78, 5) is 4.46. The number of aryl methyl sites for hydroxylation is 1. The second kappa shape index (κ2) is 6.02. The molecule has 0 saturated carbocycles. The van der Waals surface area contributed by atoms with E-state index >= 15 is 0 Å². The second-order valence-corrected chi connectivity index (χ2v) is 4.79. The quantitative estimate of drug-likeness (QED) is 0.535. The maximum atomic E-state index is 6.19. The van der Waals surface area contributed by atoms with Crippen molar-refractivity contribution < 1.29 is 0 Å². The van der Waals surface area contributed by atoms with Gasteiger partial charge in [0.25, 0.3) is 0 Å². The highest BCUT2D eigenvalue weighted by Crippen LogP contribution is 2.23. The van der Waals surface area contributed by atoms with Crippen molar-refractivity contribution in [3.05, 3.63) is 41.2 Å². The molecular weight excluding hydrogens is 230 g/mol. The molecule has 1 heterocycles. The van der Waals surface area contributed by atoms with Gasteiger partial charge in [-0.05, 0) is 24.3 Å². The van der Waals surface area contributed by atoms with E-state index < -0.39 is 0 Å². The maximum absolute atomic E-state index is 6.19. The minimum Gasteiger partial charge on any atom is -0.240 e. The lowest BCUT2D eigenvalue weighted by Gasteiger charge is -2.05. The molecule has 2 rings (SSSR count). The van der Waals surface area contributed by atoms with Crippen LogP contribution in [0.3, 0.4) is 0 Å². The fraction of sp³-hybridized carbons (Fsp3) is 0.400. The zero-order valence-corrected chi connectivity index (χ0v) is 11.0. The van der Waals surface area contributed by atoms with Gasteiger partial charge in [0.15, 0.2) is 0 Å². The molecule has 1 aromatic heterocycles. The Kier molecular flexibility index (Phi) is 4.38. The number of pyridine rings is 1. The van der Waals surface area contributed by atoms with Gasteiger partial charge in [-0.3, -0.25) is 0 Å². The molecule has 2 aromatic rings. The first kappa shape index (κ1) is 12.4. The van der Waals surface area contributed by atoms with Crippen LogP contribution in [0.4, 0.5) is 0 Å². The summed E-state index contributed by atoms with van der Waals surface area (Å²) in [5.74, 6) is 0. The van der Waals surface area contributed by atoms with Crippen molar-refractivity contribution in [2.24, 2.45) is 0 Å². The Hall–Kier alpha value is -1.08. The minimum absolute atomic E-state index is 0.633. The van der Waals surface area contributed by atoms with E-state index in [1.807, 2.05) is 18.2 Å². The van der Waals surface area contributed by atoms with E-state index in [1.165, 1.54) is 31.1 Å². The molecule has 0 unspecified atom stereocenters. The fourth-order valence-corrected chi connectivity index (χ4v) is 2.35. The van der Waals surface area contributed by atoms with Gasteiger partial charge in [0.05, 0.1) is 0 Å². The van der Waals surface area contributed by atoms with Crippen molar-refractivity contribution in [2.75, 3.05) is 0 Å². The predicted molar refractivity (Wildman–Crippen MR) is 74.6 cm³/mol. The number of hydrogen-bond acceptors (Lipinski definition) is 1. The number of benzene rings is 1. The number of hydrogen-bond donors (Lipinski definition) is 0. The van der Waals surface area contributed by atoms with E-state index in [4.69, 9.17) is 11.6 Å². The molecule has 0 aliphatic carbocycles. The second-order valence-electron chi connectivity index (χ2n) is 4.44. The molecule has 0 saturated heterocycles. The lowest BCUT2D eigenvalue weighted by atomic mass is 10.1. The van der Waals surface area contributed by atoms with Gasteiger partial charge in [-0.15, -0.1) is 0 Å². The van der Waals surface area contributed by atoms with Crippen molar-refractivity contribution in [1.29, 1.82) is 0 Å². The zero-order valence-electron chi connectivity index (χ0n) is 10.2. The van der Waals surface area contributed by atoms with E-state index in [9.17, 15) is 0 Å². The predicted octanol–water partition coefficient (Wildman–Crippen LogP) is 5.01. The molecule has 0 bridgehead atoms. The maximum Gasteiger partial charge on any atom is 0.137 e. The summed E-state index contributed by atoms with van der Waals surface area (Å²) in [6.45, 7) is 2.23. The van der Waals surface area contributed by atoms with Crippen LogP contribution in [0.5, 0.6) is 0 Å². The molecule has 0 spiro atoms. The Balaban J connectivity index is 2.13. The number of nitrogens with zero attached hydrogens (tertiary/aromatic N) is 1. The van der Waals surface area contributed by atoms with Gasteiger partial charge in [-0.1, -0.05) is 62.1 Å². The molecule has 0 N–H and O–H groups in total. The van der Waals surface area contributed by atoms with Crippen LogP contribution in [0.25, 0.3) is 10.8 Å². The molecule has 0 aliphatic heterocycles. The largest absolute Gasteiger partial charge is 0.240 e. The highest BCUT2D eigenvalue weighted by Gasteiger charge is 2.03. The fourth-order valence-electron chi connectivity index (χ4n) is 2.07. The van der Waals surface area contributed by atoms with Crippen LogP contribution in [-0.4, -0.2) is 4.98 Å². The Bertz CT molecular complexity index is 493. The first-order chi connectivity index (χ1) is 8.31. The lowest BCUT2D eigenvalue weighted by Crippen LogP contribution is -1.92. The molecule has 0 radical (unpaired) electrons. The van der Waals surface area contributed by atoms with Gasteiger partial charge in [-0.25, -0.2) is 4.98 Å². The molecule has 90 valence electrons. The van der Waals surface area contributed by atoms with Crippen LogP contribution < -0.4 is 0 Å². The van der Waals surface area contributed by atoms with Gasteiger partial charge in [0.1, 0.15) is 5.15 Å². The van der Waals surface area contributed by atoms with E-state index in [2.05, 4.69) is 24.0 Å². The molecule has 1 aromatic carbocycles. The third kappa shape index (κ3) is 3.19. The van der Waals surface area contributed by atoms with Gasteiger partial charge < -0.3 is 0 Å². The van der Waals surface area contributed by atoms with Gasteiger partial charge >= 0.3 is 0 Å². The van der Waals surface area contributed by atoms with Crippen LogP contribution >= 0.6 is 11.6 Å². The molecule has 17 heavy (non-hydrogen) atoms. The van der Waals surface area contributed by atoms with Crippen LogP contribution in [0.1, 0.15) is 38.3 Å². The number of fused-ring (bicyclic) bond motifs is 1. The molecule has 2 heteroatoms. The zero-order chi connectivity index (χ0) is 12.1. The average molecular weight is 248 g/mol. The summed E-state index contributed by atoms with van der Waals surface area (Å²) in [6, 6.07) is 10.3. The SMILES string of the molecule is CCCCCCc1cc2ccccc2c(Cl)n1. The minimum atomic E-state index is 0.633. The first-order valence-corrected chi connectivity index (χ1v) is 6.73. The third-order valence-electron chi connectivity index (χ3n) is 3.03. The summed E-state index contributed by atoms with van der Waals surface area (Å²) in [7, 11) is 0. The van der Waals surface area contributed by atoms with Gasteiger partial charge in [0, 0.05) is 11.1 Å². The highest BCUT2D eigenvalue weighted by atomic mass is 35.5. The molecule has 0 fully saturated rings. The smallest absolute Gasteiger partial charge is 0.137 e. The van der Waals surface area contributed by atoms with Crippen LogP contribution in [0.15, 0.2) is 30.3 Å². The Morgan fingerprint density at radius 1 is 1.12 bits per heavy atom. The summed E-state index contributed by atoms with van der Waals surface area (Å²) >= 11 is 6.19. The summed E-state index contributed by atoms with van der Waals surface area (Å²) in [6.07, 6.45) is 6.09. The van der Waals surface area contributed by atoms with Crippen molar-refractivity contribution in [2.45, 2.75) is 39.0 Å². The van der Waals surface area contributed by atoms with Gasteiger partial charge in [0.2, 0.25) is 0 Å². The van der Waals surface area contributed by atoms with Crippen molar-refractivity contribution >= 4 is 22.4 Å². The van der Waals surface area contributed by atoms with E-state index in [0.29, 0.717) is 5.15 Å². The summed E-state index contributed by atoms with van der Waals surface area (Å²) in [5, 5.41) is 2.87. The van der Waals surface area contributed by atoms with Crippen LogP contribution in [-0.2, 0) is 6.42 Å². The standard InChI is InChI=1S/C15H18ClN/c1-2-3-4-5-9-13-11-12-8-6-7-10-14(12)15(16)17-13/h6-8,10-11H,2-5,9H2,1H3. The topological polar surface area (TPSA) is 12.9 Å². The van der Waals surface area contributed by atoms with E-state index in [-0.39, 0.29) is 0 Å². The normalized spacial score (nSPS) is 10.9. The Morgan fingerprint density at radius 2 is 1.94 bits per heavy atom. The van der Waals surface area contributed by atoms with E-state index in [0.717, 1.165) is 17.5 Å². The number of rotatable bonds is 5. The molecule has 0 aliphatic rings. The summed E-state index contributed by atoms with van der Waals surface area (Å²) in [5.41, 5.74) is 1.12. The monoisotopic (exact) mass is 247 g/mol. The van der Waals surface area contributed by atoms with Gasteiger partial charge in [-0.2, -0.15) is 0 Å². The van der Waals surface area contributed by atoms with Crippen LogP contribution in [0, 0.1) is 0 Å². The highest BCUT2D eigenvalue weighted by molar-refractivity contribution is 6.34. The molecule has 1 nitrogen and oxygen atoms in total. The van der Waals surface area contributed by atoms with Crippen molar-refractivity contribution in [1.82, 2.24) is 4.98 Å². The Morgan fingerprint density at radius 3 is 2.76 bits per heavy atom. The molecule has 0 amide bonds. The number of aromatic nitrogens is 1. The summed E-state index contributed by atoms with van der Waals surface area (Å²) < 4.78 is 0. The molecular formula is C15H18ClN. The lowest BCUT2D eigenvalue weighted by molar-refractivity contribution is 0.661. The first-order valence-electron chi connectivity index (χ1n) is 6.35. The van der Waals surface area contributed by atoms with Crippen molar-refractivity contribution in [3.8, 4) is 0 Å². The number of unbranched alkanes of at least 4 members (excludes halogenated alkanes) is 3. The molecule has 0 atom stereocenters. The van der Waals surface area contributed by atoms with Crippen LogP contribution in [0.2, 0.25) is 5.15 Å². The Labute approximate surface area is 108 Å². The third-order valence-corrected chi connectivity index (χ3v) is 3.32. The van der Waals surface area contributed by atoms with E-state index in [1.54, 1.807) is 0 Å².